The van der Waals surface area contributed by atoms with Crippen LogP contribution in [-0.2, 0) is 11.3 Å². The van der Waals surface area contributed by atoms with Gasteiger partial charge < -0.3 is 15.5 Å². The summed E-state index contributed by atoms with van der Waals surface area (Å²) in [7, 11) is 0. The lowest BCUT2D eigenvalue weighted by atomic mass is 10.0. The van der Waals surface area contributed by atoms with Gasteiger partial charge in [-0.2, -0.15) is 0 Å². The van der Waals surface area contributed by atoms with Gasteiger partial charge >= 0.3 is 0 Å². The summed E-state index contributed by atoms with van der Waals surface area (Å²) in [5.41, 5.74) is 5.44. The first-order valence-electron chi connectivity index (χ1n) is 5.28. The summed E-state index contributed by atoms with van der Waals surface area (Å²) in [6.07, 6.45) is 3.15. The van der Waals surface area contributed by atoms with E-state index in [-0.39, 0.29) is 11.8 Å². The molecule has 0 aliphatic carbocycles. The van der Waals surface area contributed by atoms with Crippen LogP contribution in [0.25, 0.3) is 0 Å². The van der Waals surface area contributed by atoms with Gasteiger partial charge in [-0.05, 0) is 31.5 Å². The number of rotatable bonds is 6. The van der Waals surface area contributed by atoms with Crippen molar-refractivity contribution in [2.75, 3.05) is 6.54 Å². The van der Waals surface area contributed by atoms with Gasteiger partial charge in [0.05, 0.1) is 12.8 Å². The van der Waals surface area contributed by atoms with Gasteiger partial charge in [0.25, 0.3) is 0 Å². The Labute approximate surface area is 89.8 Å². The third-order valence-electron chi connectivity index (χ3n) is 2.40. The zero-order valence-electron chi connectivity index (χ0n) is 9.03. The van der Waals surface area contributed by atoms with E-state index in [9.17, 15) is 4.79 Å². The fourth-order valence-electron chi connectivity index (χ4n) is 1.45. The first kappa shape index (κ1) is 11.8. The molecular weight excluding hydrogens is 192 g/mol. The molecule has 0 aromatic carbocycles. The number of hydrogen-bond acceptors (Lipinski definition) is 3. The van der Waals surface area contributed by atoms with E-state index in [0.717, 1.165) is 18.6 Å². The molecule has 1 aromatic rings. The first-order chi connectivity index (χ1) is 7.27. The van der Waals surface area contributed by atoms with Crippen LogP contribution in [0.1, 0.15) is 25.5 Å². The molecule has 1 aromatic heterocycles. The van der Waals surface area contributed by atoms with Gasteiger partial charge in [-0.3, -0.25) is 4.79 Å². The van der Waals surface area contributed by atoms with E-state index in [1.54, 1.807) is 12.3 Å². The molecule has 1 atom stereocenters. The molecule has 0 saturated heterocycles. The minimum Gasteiger partial charge on any atom is -0.467 e. The summed E-state index contributed by atoms with van der Waals surface area (Å²) in [5.74, 6) is 0.843. The lowest BCUT2D eigenvalue weighted by Crippen LogP contribution is -2.31. The van der Waals surface area contributed by atoms with E-state index >= 15 is 0 Å². The van der Waals surface area contributed by atoms with Crippen LogP contribution in [0, 0.1) is 5.92 Å². The van der Waals surface area contributed by atoms with Crippen molar-refractivity contribution < 1.29 is 9.21 Å². The van der Waals surface area contributed by atoms with Gasteiger partial charge in [0.1, 0.15) is 5.76 Å². The van der Waals surface area contributed by atoms with Crippen molar-refractivity contribution >= 4 is 5.91 Å². The van der Waals surface area contributed by atoms with Crippen molar-refractivity contribution in [3.05, 3.63) is 24.2 Å². The highest BCUT2D eigenvalue weighted by Crippen LogP contribution is 2.07. The quantitative estimate of drug-likeness (QED) is 0.743. The van der Waals surface area contributed by atoms with E-state index in [1.807, 2.05) is 13.0 Å². The number of carbonyl (C=O) groups excluding carboxylic acids is 1. The van der Waals surface area contributed by atoms with Gasteiger partial charge in [-0.25, -0.2) is 0 Å². The Kier molecular flexibility index (Phi) is 4.90. The Hall–Kier alpha value is -1.29. The number of amides is 1. The molecule has 0 aliphatic heterocycles. The molecule has 0 fully saturated rings. The van der Waals surface area contributed by atoms with Crippen molar-refractivity contribution in [2.24, 2.45) is 11.7 Å². The second kappa shape index (κ2) is 6.24. The van der Waals surface area contributed by atoms with Crippen molar-refractivity contribution in [1.82, 2.24) is 5.32 Å². The normalized spacial score (nSPS) is 12.4. The van der Waals surface area contributed by atoms with E-state index in [1.165, 1.54) is 0 Å². The van der Waals surface area contributed by atoms with Gasteiger partial charge in [0, 0.05) is 5.92 Å². The van der Waals surface area contributed by atoms with E-state index in [0.29, 0.717) is 13.1 Å². The molecule has 0 bridgehead atoms. The smallest absolute Gasteiger partial charge is 0.223 e. The van der Waals surface area contributed by atoms with Gasteiger partial charge in [-0.1, -0.05) is 6.92 Å². The van der Waals surface area contributed by atoms with Crippen LogP contribution in [-0.4, -0.2) is 12.5 Å². The number of nitrogens with two attached hydrogens (primary N) is 1. The van der Waals surface area contributed by atoms with Crippen molar-refractivity contribution in [1.29, 1.82) is 0 Å². The Bertz CT molecular complexity index is 283. The molecule has 1 amide bonds. The summed E-state index contributed by atoms with van der Waals surface area (Å²) < 4.78 is 5.12. The van der Waals surface area contributed by atoms with Crippen LogP contribution < -0.4 is 11.1 Å². The van der Waals surface area contributed by atoms with Crippen LogP contribution in [0.2, 0.25) is 0 Å². The summed E-state index contributed by atoms with van der Waals surface area (Å²) in [5, 5.41) is 2.83. The average Bonchev–Trinajstić information content (AvgIpc) is 2.75. The summed E-state index contributed by atoms with van der Waals surface area (Å²) >= 11 is 0. The van der Waals surface area contributed by atoms with Gasteiger partial charge in [-0.15, -0.1) is 0 Å². The minimum atomic E-state index is 0.0185. The number of furan rings is 1. The minimum absolute atomic E-state index is 0.0185. The second-order valence-corrected chi connectivity index (χ2v) is 3.48. The maximum absolute atomic E-state index is 11.7. The maximum atomic E-state index is 11.7. The molecule has 1 heterocycles. The summed E-state index contributed by atoms with van der Waals surface area (Å²) in [6, 6.07) is 3.64. The summed E-state index contributed by atoms with van der Waals surface area (Å²) in [6.45, 7) is 2.99. The molecule has 1 rings (SSSR count). The monoisotopic (exact) mass is 210 g/mol. The molecule has 4 heteroatoms. The number of carbonyl (C=O) groups is 1. The van der Waals surface area contributed by atoms with Crippen molar-refractivity contribution in [3.8, 4) is 0 Å². The van der Waals surface area contributed by atoms with Crippen molar-refractivity contribution in [2.45, 2.75) is 26.3 Å². The van der Waals surface area contributed by atoms with Gasteiger partial charge in [0.2, 0.25) is 5.91 Å². The highest BCUT2D eigenvalue weighted by atomic mass is 16.3. The molecule has 15 heavy (non-hydrogen) atoms. The van der Waals surface area contributed by atoms with Crippen molar-refractivity contribution in [3.63, 3.8) is 0 Å². The van der Waals surface area contributed by atoms with E-state index in [4.69, 9.17) is 10.2 Å². The van der Waals surface area contributed by atoms with Crippen LogP contribution >= 0.6 is 0 Å². The molecule has 0 aliphatic rings. The molecule has 0 spiro atoms. The Morgan fingerprint density at radius 2 is 2.47 bits per heavy atom. The van der Waals surface area contributed by atoms with Crippen LogP contribution in [0.15, 0.2) is 22.8 Å². The standard InChI is InChI=1S/C11H18N2O2/c1-2-9(5-6-12)11(14)13-8-10-4-3-7-15-10/h3-4,7,9H,2,5-6,8,12H2,1H3,(H,13,14). The second-order valence-electron chi connectivity index (χ2n) is 3.48. The van der Waals surface area contributed by atoms with Crippen LogP contribution in [0.3, 0.4) is 0 Å². The Morgan fingerprint density at radius 3 is 3.00 bits per heavy atom. The topological polar surface area (TPSA) is 68.3 Å². The predicted molar refractivity (Wildman–Crippen MR) is 58.0 cm³/mol. The third kappa shape index (κ3) is 3.75. The average molecular weight is 210 g/mol. The number of hydrogen-bond donors (Lipinski definition) is 2. The molecule has 4 nitrogen and oxygen atoms in total. The molecule has 84 valence electrons. The maximum Gasteiger partial charge on any atom is 0.223 e. The lowest BCUT2D eigenvalue weighted by Gasteiger charge is -2.12. The molecule has 0 radical (unpaired) electrons. The molecule has 0 saturated carbocycles. The fraction of sp³-hybridized carbons (Fsp3) is 0.545. The Balaban J connectivity index is 2.34. The van der Waals surface area contributed by atoms with E-state index < -0.39 is 0 Å². The zero-order chi connectivity index (χ0) is 11.1. The lowest BCUT2D eigenvalue weighted by molar-refractivity contribution is -0.125. The SMILES string of the molecule is CCC(CCN)C(=O)NCc1ccco1. The Morgan fingerprint density at radius 1 is 1.67 bits per heavy atom. The first-order valence-corrected chi connectivity index (χ1v) is 5.28. The fourth-order valence-corrected chi connectivity index (χ4v) is 1.45. The van der Waals surface area contributed by atoms with E-state index in [2.05, 4.69) is 5.32 Å². The molecular formula is C11H18N2O2. The molecule has 3 N–H and O–H groups in total. The highest BCUT2D eigenvalue weighted by molar-refractivity contribution is 5.78. The predicted octanol–water partition coefficient (Wildman–Crippen LogP) is 1.27. The number of nitrogens with one attached hydrogen (secondary N) is 1. The zero-order valence-corrected chi connectivity index (χ0v) is 9.03. The highest BCUT2D eigenvalue weighted by Gasteiger charge is 2.14. The van der Waals surface area contributed by atoms with Crippen LogP contribution in [0.4, 0.5) is 0 Å². The largest absolute Gasteiger partial charge is 0.467 e. The summed E-state index contributed by atoms with van der Waals surface area (Å²) in [4.78, 5) is 11.7. The third-order valence-corrected chi connectivity index (χ3v) is 2.40. The van der Waals surface area contributed by atoms with Crippen LogP contribution in [0.5, 0.6) is 0 Å². The van der Waals surface area contributed by atoms with Gasteiger partial charge in [0.15, 0.2) is 0 Å². The molecule has 1 unspecified atom stereocenters.